The Kier molecular flexibility index (Phi) is 6.73. The van der Waals surface area contributed by atoms with Crippen molar-refractivity contribution in [2.45, 2.75) is 33.1 Å². The summed E-state index contributed by atoms with van der Waals surface area (Å²) in [5.41, 5.74) is 2.45. The molecule has 0 saturated heterocycles. The SMILES string of the molecule is C#C/C(C)=C\CC/C(=C/C)CC=C. The first-order valence-corrected chi connectivity index (χ1v) is 4.63. The lowest BCUT2D eigenvalue weighted by molar-refractivity contribution is 0.933. The predicted octanol–water partition coefficient (Wildman–Crippen LogP) is 3.87. The van der Waals surface area contributed by atoms with E-state index in [9.17, 15) is 0 Å². The van der Waals surface area contributed by atoms with Crippen molar-refractivity contribution >= 4 is 0 Å². The monoisotopic (exact) mass is 174 g/mol. The summed E-state index contributed by atoms with van der Waals surface area (Å²) in [6.45, 7) is 7.75. The molecule has 0 aromatic heterocycles. The van der Waals surface area contributed by atoms with Crippen molar-refractivity contribution in [1.29, 1.82) is 0 Å². The van der Waals surface area contributed by atoms with E-state index in [-0.39, 0.29) is 0 Å². The van der Waals surface area contributed by atoms with Crippen molar-refractivity contribution < 1.29 is 0 Å². The predicted molar refractivity (Wildman–Crippen MR) is 60.4 cm³/mol. The summed E-state index contributed by atoms with van der Waals surface area (Å²) >= 11 is 0. The Labute approximate surface area is 82.0 Å². The van der Waals surface area contributed by atoms with Crippen LogP contribution in [-0.4, -0.2) is 0 Å². The molecule has 0 spiro atoms. The molecule has 0 aliphatic rings. The largest absolute Gasteiger partial charge is 0.115 e. The first-order chi connectivity index (χ1) is 6.24. The number of rotatable bonds is 5. The second-order valence-electron chi connectivity index (χ2n) is 3.01. The average Bonchev–Trinajstić information content (AvgIpc) is 2.16. The van der Waals surface area contributed by atoms with E-state index in [0.717, 1.165) is 24.8 Å². The number of hydrogen-bond donors (Lipinski definition) is 0. The fourth-order valence-corrected chi connectivity index (χ4v) is 1.08. The Hall–Kier alpha value is -1.22. The zero-order chi connectivity index (χ0) is 10.1. The third-order valence-electron chi connectivity index (χ3n) is 1.96. The molecule has 0 atom stereocenters. The molecule has 0 aliphatic heterocycles. The fourth-order valence-electron chi connectivity index (χ4n) is 1.08. The van der Waals surface area contributed by atoms with Gasteiger partial charge in [0.1, 0.15) is 0 Å². The maximum Gasteiger partial charge on any atom is -0.00532 e. The minimum atomic E-state index is 0.986. The summed E-state index contributed by atoms with van der Waals surface area (Å²) in [6.07, 6.45) is 14.5. The van der Waals surface area contributed by atoms with Crippen LogP contribution in [0.15, 0.2) is 36.0 Å². The van der Waals surface area contributed by atoms with Gasteiger partial charge >= 0.3 is 0 Å². The molecule has 0 N–H and O–H groups in total. The Balaban J connectivity index is 3.88. The van der Waals surface area contributed by atoms with Crippen LogP contribution >= 0.6 is 0 Å². The van der Waals surface area contributed by atoms with Gasteiger partial charge in [0.2, 0.25) is 0 Å². The van der Waals surface area contributed by atoms with E-state index in [2.05, 4.69) is 31.6 Å². The van der Waals surface area contributed by atoms with Gasteiger partial charge < -0.3 is 0 Å². The number of hydrogen-bond acceptors (Lipinski definition) is 0. The Morgan fingerprint density at radius 3 is 2.69 bits per heavy atom. The van der Waals surface area contributed by atoms with Crippen LogP contribution in [0.25, 0.3) is 0 Å². The minimum Gasteiger partial charge on any atom is -0.115 e. The first-order valence-electron chi connectivity index (χ1n) is 4.63. The van der Waals surface area contributed by atoms with Crippen molar-refractivity contribution in [3.63, 3.8) is 0 Å². The Morgan fingerprint density at radius 2 is 2.23 bits per heavy atom. The van der Waals surface area contributed by atoms with Gasteiger partial charge in [-0.2, -0.15) is 0 Å². The summed E-state index contributed by atoms with van der Waals surface area (Å²) in [5.74, 6) is 2.61. The van der Waals surface area contributed by atoms with Crippen LogP contribution in [0.4, 0.5) is 0 Å². The summed E-state index contributed by atoms with van der Waals surface area (Å²) in [7, 11) is 0. The van der Waals surface area contributed by atoms with Gasteiger partial charge in [-0.15, -0.1) is 13.0 Å². The standard InChI is InChI=1S/C13H18/c1-5-9-13(7-3)11-8-10-12(4)6-2/h2,5,7,10H,1,8-9,11H2,3-4H3/b12-10-,13-7+. The highest BCUT2D eigenvalue weighted by molar-refractivity contribution is 5.22. The molecule has 0 aromatic carbocycles. The molecule has 0 radical (unpaired) electrons. The zero-order valence-electron chi connectivity index (χ0n) is 8.64. The third kappa shape index (κ3) is 5.99. The number of terminal acetylenes is 1. The lowest BCUT2D eigenvalue weighted by Gasteiger charge is -2.00. The molecular formula is C13H18. The van der Waals surface area contributed by atoms with Crippen LogP contribution in [0.5, 0.6) is 0 Å². The summed E-state index contributed by atoms with van der Waals surface area (Å²) < 4.78 is 0. The van der Waals surface area contributed by atoms with Crippen molar-refractivity contribution in [3.05, 3.63) is 36.0 Å². The van der Waals surface area contributed by atoms with Crippen LogP contribution in [0, 0.1) is 12.3 Å². The molecule has 70 valence electrons. The van der Waals surface area contributed by atoms with Crippen LogP contribution < -0.4 is 0 Å². The van der Waals surface area contributed by atoms with Crippen LogP contribution in [0.1, 0.15) is 33.1 Å². The molecule has 0 heteroatoms. The van der Waals surface area contributed by atoms with Gasteiger partial charge in [0.15, 0.2) is 0 Å². The lowest BCUT2D eigenvalue weighted by Crippen LogP contribution is -1.81. The van der Waals surface area contributed by atoms with Crippen molar-refractivity contribution in [3.8, 4) is 12.3 Å². The van der Waals surface area contributed by atoms with Gasteiger partial charge in [-0.3, -0.25) is 0 Å². The topological polar surface area (TPSA) is 0 Å². The zero-order valence-corrected chi connectivity index (χ0v) is 8.64. The third-order valence-corrected chi connectivity index (χ3v) is 1.96. The van der Waals surface area contributed by atoms with Gasteiger partial charge in [-0.05, 0) is 38.7 Å². The summed E-state index contributed by atoms with van der Waals surface area (Å²) in [4.78, 5) is 0. The fraction of sp³-hybridized carbons (Fsp3) is 0.385. The highest BCUT2D eigenvalue weighted by Gasteiger charge is 1.91. The second kappa shape index (κ2) is 7.43. The molecule has 0 nitrogen and oxygen atoms in total. The van der Waals surface area contributed by atoms with E-state index in [0.29, 0.717) is 0 Å². The lowest BCUT2D eigenvalue weighted by atomic mass is 10.1. The van der Waals surface area contributed by atoms with E-state index >= 15 is 0 Å². The molecule has 0 saturated carbocycles. The molecule has 0 fully saturated rings. The maximum absolute atomic E-state index is 5.23. The van der Waals surface area contributed by atoms with Crippen LogP contribution in [0.2, 0.25) is 0 Å². The van der Waals surface area contributed by atoms with Gasteiger partial charge in [0.05, 0.1) is 0 Å². The molecule has 0 bridgehead atoms. The first kappa shape index (κ1) is 11.8. The molecule has 0 heterocycles. The van der Waals surface area contributed by atoms with Crippen LogP contribution in [0.3, 0.4) is 0 Å². The highest BCUT2D eigenvalue weighted by Crippen LogP contribution is 2.11. The van der Waals surface area contributed by atoms with Gasteiger partial charge in [0, 0.05) is 0 Å². The molecule has 0 unspecified atom stereocenters. The van der Waals surface area contributed by atoms with Crippen LogP contribution in [-0.2, 0) is 0 Å². The average molecular weight is 174 g/mol. The molecule has 0 aliphatic carbocycles. The summed E-state index contributed by atoms with van der Waals surface area (Å²) in [5, 5.41) is 0. The molecule has 13 heavy (non-hydrogen) atoms. The quantitative estimate of drug-likeness (QED) is 0.438. The van der Waals surface area contributed by atoms with Gasteiger partial charge in [0.25, 0.3) is 0 Å². The van der Waals surface area contributed by atoms with Crippen molar-refractivity contribution in [2.75, 3.05) is 0 Å². The Bertz CT molecular complexity index is 246. The molecular weight excluding hydrogens is 156 g/mol. The number of allylic oxidation sites excluding steroid dienone is 5. The molecule has 0 amide bonds. The van der Waals surface area contributed by atoms with E-state index in [4.69, 9.17) is 6.42 Å². The molecule has 0 aromatic rings. The second-order valence-corrected chi connectivity index (χ2v) is 3.01. The van der Waals surface area contributed by atoms with E-state index in [1.165, 1.54) is 5.57 Å². The smallest absolute Gasteiger partial charge is 0.00532 e. The normalized spacial score (nSPS) is 12.4. The molecule has 0 rings (SSSR count). The van der Waals surface area contributed by atoms with E-state index < -0.39 is 0 Å². The van der Waals surface area contributed by atoms with Crippen molar-refractivity contribution in [2.24, 2.45) is 0 Å². The van der Waals surface area contributed by atoms with Gasteiger partial charge in [-0.1, -0.05) is 29.7 Å². The minimum absolute atomic E-state index is 0.986. The highest BCUT2D eigenvalue weighted by atomic mass is 14.0. The van der Waals surface area contributed by atoms with E-state index in [1.54, 1.807) is 0 Å². The van der Waals surface area contributed by atoms with Gasteiger partial charge in [-0.25, -0.2) is 0 Å². The maximum atomic E-state index is 5.23. The van der Waals surface area contributed by atoms with E-state index in [1.807, 2.05) is 13.0 Å². The summed E-state index contributed by atoms with van der Waals surface area (Å²) in [6, 6.07) is 0. The Morgan fingerprint density at radius 1 is 1.54 bits per heavy atom. The van der Waals surface area contributed by atoms with Crippen molar-refractivity contribution in [1.82, 2.24) is 0 Å².